The van der Waals surface area contributed by atoms with Crippen molar-refractivity contribution in [2.75, 3.05) is 5.32 Å². The first kappa shape index (κ1) is 19.4. The van der Waals surface area contributed by atoms with Crippen LogP contribution in [0.5, 0.6) is 0 Å². The van der Waals surface area contributed by atoms with Crippen LogP contribution >= 0.6 is 0 Å². The molecule has 30 heavy (non-hydrogen) atoms. The molecule has 150 valence electrons. The number of hydrogen-bond donors (Lipinski definition) is 2. The number of nitrogens with one attached hydrogen (secondary N) is 2. The molecular formula is C23H19FN4O2. The fourth-order valence-electron chi connectivity index (χ4n) is 3.41. The maximum atomic E-state index is 13.3. The fraction of sp³-hybridized carbons (Fsp3) is 0.130. The number of rotatable bonds is 4. The van der Waals surface area contributed by atoms with E-state index in [-0.39, 0.29) is 24.1 Å². The van der Waals surface area contributed by atoms with E-state index in [1.807, 2.05) is 25.1 Å². The largest absolute Gasteiger partial charge is 0.332 e. The lowest BCUT2D eigenvalue weighted by Gasteiger charge is -2.24. The van der Waals surface area contributed by atoms with E-state index in [0.717, 1.165) is 16.7 Å². The smallest absolute Gasteiger partial charge is 0.253 e. The number of hydrogen-bond acceptors (Lipinski definition) is 4. The number of carbonyl (C=O) groups excluding carboxylic acids is 2. The highest BCUT2D eigenvalue weighted by Gasteiger charge is 2.29. The number of aryl methyl sites for hydroxylation is 1. The maximum Gasteiger partial charge on any atom is 0.253 e. The standard InChI is InChI=1S/C23H19FN4O2/c1-14-2-3-16(17-10-25-13-26-11-17)8-21(14)28-23(30)20-12-27-22(29)9-19(20)15-4-6-18(24)7-5-15/h2-8,10-13,19H,9H2,1H3,(H,27,29)(H,28,30)/t19-/m0/s1. The van der Waals surface area contributed by atoms with Gasteiger partial charge < -0.3 is 10.6 Å². The van der Waals surface area contributed by atoms with Crippen molar-refractivity contribution in [2.24, 2.45) is 0 Å². The molecule has 1 aliphatic rings. The maximum absolute atomic E-state index is 13.3. The normalized spacial score (nSPS) is 15.9. The highest BCUT2D eigenvalue weighted by Crippen LogP contribution is 2.32. The average Bonchev–Trinajstić information content (AvgIpc) is 2.76. The predicted octanol–water partition coefficient (Wildman–Crippen LogP) is 3.72. The van der Waals surface area contributed by atoms with E-state index in [0.29, 0.717) is 16.8 Å². The summed E-state index contributed by atoms with van der Waals surface area (Å²) in [4.78, 5) is 33.1. The minimum atomic E-state index is -0.453. The molecule has 7 heteroatoms. The molecule has 1 aliphatic heterocycles. The van der Waals surface area contributed by atoms with Crippen LogP contribution in [-0.4, -0.2) is 21.8 Å². The molecule has 3 aromatic rings. The summed E-state index contributed by atoms with van der Waals surface area (Å²) < 4.78 is 13.3. The first-order valence-electron chi connectivity index (χ1n) is 9.43. The molecule has 0 bridgehead atoms. The van der Waals surface area contributed by atoms with E-state index in [1.54, 1.807) is 24.5 Å². The molecule has 2 amide bonds. The SMILES string of the molecule is Cc1ccc(-c2cncnc2)cc1NC(=O)C1=CNC(=O)C[C@H]1c1ccc(F)cc1. The molecule has 1 aromatic heterocycles. The predicted molar refractivity (Wildman–Crippen MR) is 111 cm³/mol. The molecule has 0 unspecified atom stereocenters. The number of anilines is 1. The second-order valence-corrected chi connectivity index (χ2v) is 7.09. The quantitative estimate of drug-likeness (QED) is 0.697. The van der Waals surface area contributed by atoms with Gasteiger partial charge in [0.05, 0.1) is 0 Å². The van der Waals surface area contributed by atoms with E-state index in [9.17, 15) is 14.0 Å². The van der Waals surface area contributed by atoms with Crippen molar-refractivity contribution in [3.05, 3.63) is 89.9 Å². The Balaban J connectivity index is 1.62. The monoisotopic (exact) mass is 402 g/mol. The van der Waals surface area contributed by atoms with Gasteiger partial charge in [-0.2, -0.15) is 0 Å². The average molecular weight is 402 g/mol. The van der Waals surface area contributed by atoms with Crippen LogP contribution in [0.2, 0.25) is 0 Å². The molecule has 1 atom stereocenters. The first-order chi connectivity index (χ1) is 14.5. The number of carbonyl (C=O) groups is 2. The molecule has 4 rings (SSSR count). The molecule has 0 saturated carbocycles. The minimum absolute atomic E-state index is 0.116. The summed E-state index contributed by atoms with van der Waals surface area (Å²) in [7, 11) is 0. The van der Waals surface area contributed by atoms with E-state index in [2.05, 4.69) is 20.6 Å². The minimum Gasteiger partial charge on any atom is -0.332 e. The van der Waals surface area contributed by atoms with Gasteiger partial charge in [0.15, 0.2) is 0 Å². The van der Waals surface area contributed by atoms with E-state index in [4.69, 9.17) is 0 Å². The summed E-state index contributed by atoms with van der Waals surface area (Å²) in [5.41, 5.74) is 4.37. The molecule has 6 nitrogen and oxygen atoms in total. The van der Waals surface area contributed by atoms with Gasteiger partial charge in [-0.3, -0.25) is 9.59 Å². The zero-order valence-corrected chi connectivity index (χ0v) is 16.2. The molecule has 0 saturated heterocycles. The summed E-state index contributed by atoms with van der Waals surface area (Å²) in [5.74, 6) is -1.34. The topological polar surface area (TPSA) is 84.0 Å². The zero-order chi connectivity index (χ0) is 21.1. The van der Waals surface area contributed by atoms with Crippen molar-refractivity contribution in [1.29, 1.82) is 0 Å². The first-order valence-corrected chi connectivity index (χ1v) is 9.43. The number of benzene rings is 2. The Morgan fingerprint density at radius 1 is 1.10 bits per heavy atom. The number of halogens is 1. The van der Waals surface area contributed by atoms with Crippen LogP contribution in [0.25, 0.3) is 11.1 Å². The van der Waals surface area contributed by atoms with Gasteiger partial charge >= 0.3 is 0 Å². The molecular weight excluding hydrogens is 383 g/mol. The van der Waals surface area contributed by atoms with Crippen molar-refractivity contribution in [3.8, 4) is 11.1 Å². The summed E-state index contributed by atoms with van der Waals surface area (Å²) in [6, 6.07) is 11.6. The van der Waals surface area contributed by atoms with Crippen LogP contribution in [0.4, 0.5) is 10.1 Å². The van der Waals surface area contributed by atoms with Gasteiger partial charge in [-0.05, 0) is 41.8 Å². The number of amides is 2. The third-order valence-electron chi connectivity index (χ3n) is 5.07. The van der Waals surface area contributed by atoms with Crippen molar-refractivity contribution in [2.45, 2.75) is 19.3 Å². The molecule has 0 spiro atoms. The van der Waals surface area contributed by atoms with Crippen LogP contribution in [0.3, 0.4) is 0 Å². The Hall–Kier alpha value is -3.87. The summed E-state index contributed by atoms with van der Waals surface area (Å²) in [5, 5.41) is 5.55. The van der Waals surface area contributed by atoms with Crippen LogP contribution in [0, 0.1) is 12.7 Å². The Morgan fingerprint density at radius 2 is 1.83 bits per heavy atom. The summed E-state index contributed by atoms with van der Waals surface area (Å²) >= 11 is 0. The van der Waals surface area contributed by atoms with E-state index in [1.165, 1.54) is 24.7 Å². The lowest BCUT2D eigenvalue weighted by atomic mass is 9.86. The molecule has 0 radical (unpaired) electrons. The molecule has 2 N–H and O–H groups in total. The molecule has 2 heterocycles. The van der Waals surface area contributed by atoms with Crippen LogP contribution in [0.15, 0.2) is 73.0 Å². The van der Waals surface area contributed by atoms with Gasteiger partial charge in [0.1, 0.15) is 12.1 Å². The van der Waals surface area contributed by atoms with Gasteiger partial charge in [0, 0.05) is 47.8 Å². The third kappa shape index (κ3) is 4.10. The molecule has 2 aromatic carbocycles. The van der Waals surface area contributed by atoms with Crippen LogP contribution < -0.4 is 10.6 Å². The van der Waals surface area contributed by atoms with Crippen molar-refractivity contribution >= 4 is 17.5 Å². The second kappa shape index (κ2) is 8.24. The highest BCUT2D eigenvalue weighted by atomic mass is 19.1. The van der Waals surface area contributed by atoms with Crippen LogP contribution in [0.1, 0.15) is 23.5 Å². The highest BCUT2D eigenvalue weighted by molar-refractivity contribution is 6.07. The Labute approximate surface area is 172 Å². The Morgan fingerprint density at radius 3 is 2.57 bits per heavy atom. The van der Waals surface area contributed by atoms with E-state index >= 15 is 0 Å². The summed E-state index contributed by atoms with van der Waals surface area (Å²) in [6.45, 7) is 1.90. The lowest BCUT2D eigenvalue weighted by molar-refractivity contribution is -0.121. The Bertz CT molecular complexity index is 1130. The fourth-order valence-corrected chi connectivity index (χ4v) is 3.41. The molecule has 0 aliphatic carbocycles. The van der Waals surface area contributed by atoms with E-state index < -0.39 is 5.92 Å². The number of aromatic nitrogens is 2. The van der Waals surface area contributed by atoms with Gasteiger partial charge in [0.25, 0.3) is 5.91 Å². The van der Waals surface area contributed by atoms with Gasteiger partial charge in [-0.1, -0.05) is 24.3 Å². The van der Waals surface area contributed by atoms with Crippen molar-refractivity contribution < 1.29 is 14.0 Å². The van der Waals surface area contributed by atoms with Crippen molar-refractivity contribution in [1.82, 2.24) is 15.3 Å². The summed E-state index contributed by atoms with van der Waals surface area (Å²) in [6.07, 6.45) is 6.41. The molecule has 0 fully saturated rings. The Kier molecular flexibility index (Phi) is 5.34. The van der Waals surface area contributed by atoms with Gasteiger partial charge in [0.2, 0.25) is 5.91 Å². The third-order valence-corrected chi connectivity index (χ3v) is 5.07. The van der Waals surface area contributed by atoms with Gasteiger partial charge in [-0.15, -0.1) is 0 Å². The van der Waals surface area contributed by atoms with Crippen LogP contribution in [-0.2, 0) is 9.59 Å². The van der Waals surface area contributed by atoms with Gasteiger partial charge in [-0.25, -0.2) is 14.4 Å². The number of nitrogens with zero attached hydrogens (tertiary/aromatic N) is 2. The van der Waals surface area contributed by atoms with Crippen molar-refractivity contribution in [3.63, 3.8) is 0 Å². The lowest BCUT2D eigenvalue weighted by Crippen LogP contribution is -2.32. The zero-order valence-electron chi connectivity index (χ0n) is 16.2. The second-order valence-electron chi connectivity index (χ2n) is 7.09.